The number of rotatable bonds is 10. The quantitative estimate of drug-likeness (QED) is 0.0528. The van der Waals surface area contributed by atoms with Crippen LogP contribution in [0.5, 0.6) is 5.75 Å². The molecule has 0 radical (unpaired) electrons. The summed E-state index contributed by atoms with van der Waals surface area (Å²) in [6.45, 7) is 2.67. The van der Waals surface area contributed by atoms with Crippen molar-refractivity contribution in [3.63, 3.8) is 0 Å². The van der Waals surface area contributed by atoms with Crippen molar-refractivity contribution in [2.75, 3.05) is 26.9 Å². The van der Waals surface area contributed by atoms with Crippen LogP contribution in [0.2, 0.25) is 0 Å². The van der Waals surface area contributed by atoms with Crippen molar-refractivity contribution in [2.24, 2.45) is 17.8 Å². The first-order chi connectivity index (χ1) is 37.5. The van der Waals surface area contributed by atoms with Crippen molar-refractivity contribution < 1.29 is 48.3 Å². The molecule has 2 saturated carbocycles. The van der Waals surface area contributed by atoms with Gasteiger partial charge in [0.2, 0.25) is 0 Å². The summed E-state index contributed by atoms with van der Waals surface area (Å²) in [6, 6.07) is 30.2. The summed E-state index contributed by atoms with van der Waals surface area (Å²) in [5.41, 5.74) is 7.39. The van der Waals surface area contributed by atoms with E-state index in [0.29, 0.717) is 46.6 Å². The molecule has 0 spiro atoms. The van der Waals surface area contributed by atoms with Gasteiger partial charge in [0.05, 0.1) is 25.4 Å². The van der Waals surface area contributed by atoms with Crippen LogP contribution in [0.15, 0.2) is 117 Å². The molecular weight excluding hydrogens is 969 g/mol. The summed E-state index contributed by atoms with van der Waals surface area (Å²) in [5.74, 6) is -1.18. The highest BCUT2D eigenvalue weighted by Gasteiger charge is 2.57. The van der Waals surface area contributed by atoms with Gasteiger partial charge in [-0.25, -0.2) is 9.59 Å². The van der Waals surface area contributed by atoms with E-state index in [1.54, 1.807) is 19.1 Å². The van der Waals surface area contributed by atoms with Crippen LogP contribution in [0.1, 0.15) is 178 Å². The lowest BCUT2D eigenvalue weighted by molar-refractivity contribution is -0.201. The highest BCUT2D eigenvalue weighted by atomic mass is 16.6. The SMILES string of the molecule is COC[C@@H](CCO)c1c(CO)c2ccc3c(c2oc1=O)[C@H]1OC(=O)C[C@H]2C[C@H](c4cccc5c4CC[C@H]4CCCC[C@@]54c4ccccc4)C=C[C@H]2c2ccc(cc2)CC/C(=C(\C)CO)C(=O)O[C@@H]1[C@](C)(C1CCCCC1)O3. The van der Waals surface area contributed by atoms with Crippen LogP contribution in [0.4, 0.5) is 0 Å². The van der Waals surface area contributed by atoms with Crippen LogP contribution in [-0.4, -0.2) is 65.9 Å². The number of benzene rings is 4. The molecule has 9 atom stereocenters. The van der Waals surface area contributed by atoms with Crippen molar-refractivity contribution in [3.8, 4) is 5.75 Å². The highest BCUT2D eigenvalue weighted by Crippen LogP contribution is 2.57. The molecule has 5 aromatic rings. The number of esters is 2. The lowest BCUT2D eigenvalue weighted by atomic mass is 9.54. The van der Waals surface area contributed by atoms with E-state index in [1.165, 1.54) is 48.6 Å². The van der Waals surface area contributed by atoms with E-state index in [4.69, 9.17) is 23.4 Å². The van der Waals surface area contributed by atoms with Gasteiger partial charge in [0.15, 0.2) is 12.2 Å². The van der Waals surface area contributed by atoms with Crippen LogP contribution in [0, 0.1) is 17.8 Å². The number of aliphatic hydroxyl groups excluding tert-OH is 3. The zero-order valence-corrected chi connectivity index (χ0v) is 45.1. The summed E-state index contributed by atoms with van der Waals surface area (Å²) in [4.78, 5) is 45.0. The minimum Gasteiger partial charge on any atom is -0.483 e. The number of allylic oxidation sites excluding steroid dienone is 2. The maximum atomic E-state index is 15.5. The Labute approximate surface area is 452 Å². The van der Waals surface area contributed by atoms with E-state index in [-0.39, 0.29) is 84.9 Å². The Balaban J connectivity index is 1.05. The van der Waals surface area contributed by atoms with Gasteiger partial charge in [0, 0.05) is 65.7 Å². The number of aryl methyl sites for hydroxylation is 1. The number of fused-ring (bicyclic) bond motifs is 14. The summed E-state index contributed by atoms with van der Waals surface area (Å²) >= 11 is 0. The maximum absolute atomic E-state index is 15.5. The van der Waals surface area contributed by atoms with E-state index in [9.17, 15) is 20.1 Å². The maximum Gasteiger partial charge on any atom is 0.340 e. The average molecular weight is 1050 g/mol. The van der Waals surface area contributed by atoms with Gasteiger partial charge in [-0.2, -0.15) is 0 Å². The second-order valence-corrected chi connectivity index (χ2v) is 23.4. The Hall–Kier alpha value is -5.85. The minimum absolute atomic E-state index is 0.0368. The van der Waals surface area contributed by atoms with Gasteiger partial charge in [-0.1, -0.05) is 117 Å². The summed E-state index contributed by atoms with van der Waals surface area (Å²) in [5, 5.41) is 32.2. The standard InChI is InChI=1S/C66H76O11/c1-40(37-68)49-27-22-41-20-23-42(24-21-41)50-28-25-43(51-18-12-19-55-52(51)29-26-48-17-10-11-33-66(48,55)47-15-8-5-9-16-47)35-45(50)36-57(70)74-61-59-56(77-65(2,62(61)76-63(49)71)46-13-6-4-7-14-46)31-30-53-54(38-69)58(64(72)75-60(53)59)44(32-34-67)39-73-3/h5,8-9,12,15-16,18-21,23-25,28,30-31,43-46,48,50,61-62,67-69H,4,6-7,10-11,13-14,17,22,26-27,29,32-39H2,1-3H3/b49-40-/t43-,44-,45-,48-,50+,61-,62+,65+,66+/m1/s1. The molecule has 2 fully saturated rings. The molecule has 0 amide bonds. The van der Waals surface area contributed by atoms with Crippen molar-refractivity contribution >= 4 is 22.9 Å². The monoisotopic (exact) mass is 1040 g/mol. The Morgan fingerprint density at radius 1 is 0.805 bits per heavy atom. The smallest absolute Gasteiger partial charge is 0.340 e. The van der Waals surface area contributed by atoms with Crippen LogP contribution in [-0.2, 0) is 48.7 Å². The molecule has 3 aliphatic heterocycles. The van der Waals surface area contributed by atoms with Crippen LogP contribution in [0.25, 0.3) is 11.0 Å². The Kier molecular flexibility index (Phi) is 15.5. The number of hydrogen-bond acceptors (Lipinski definition) is 11. The zero-order chi connectivity index (χ0) is 53.4. The third kappa shape index (κ3) is 9.71. The molecular formula is C66H76O11. The van der Waals surface area contributed by atoms with Crippen LogP contribution < -0.4 is 10.4 Å². The lowest BCUT2D eigenvalue weighted by Crippen LogP contribution is -2.58. The molecule has 0 saturated heterocycles. The second-order valence-electron chi connectivity index (χ2n) is 23.4. The largest absolute Gasteiger partial charge is 0.483 e. The van der Waals surface area contributed by atoms with Gasteiger partial charge in [0.25, 0.3) is 0 Å². The van der Waals surface area contributed by atoms with Gasteiger partial charge >= 0.3 is 17.6 Å². The molecule has 3 N–H and O–H groups in total. The number of aliphatic hydroxyl groups is 3. The van der Waals surface area contributed by atoms with Crippen LogP contribution in [0.3, 0.4) is 0 Å². The second kappa shape index (κ2) is 22.5. The van der Waals surface area contributed by atoms with Crippen molar-refractivity contribution in [3.05, 3.63) is 169 Å². The molecule has 11 nitrogen and oxygen atoms in total. The fourth-order valence-electron chi connectivity index (χ4n) is 15.4. The molecule has 406 valence electrons. The van der Waals surface area contributed by atoms with Gasteiger partial charge in [-0.15, -0.1) is 0 Å². The summed E-state index contributed by atoms with van der Waals surface area (Å²) < 4.78 is 32.8. The van der Waals surface area contributed by atoms with E-state index in [0.717, 1.165) is 62.5 Å². The van der Waals surface area contributed by atoms with E-state index in [2.05, 4.69) is 84.9 Å². The van der Waals surface area contributed by atoms with E-state index >= 15 is 9.59 Å². The summed E-state index contributed by atoms with van der Waals surface area (Å²) in [7, 11) is 1.51. The van der Waals surface area contributed by atoms with Crippen molar-refractivity contribution in [1.82, 2.24) is 0 Å². The van der Waals surface area contributed by atoms with Gasteiger partial charge in [0.1, 0.15) is 16.9 Å². The molecule has 4 aliphatic carbocycles. The predicted molar refractivity (Wildman–Crippen MR) is 295 cm³/mol. The molecule has 12 rings (SSSR count). The molecule has 1 aromatic heterocycles. The van der Waals surface area contributed by atoms with E-state index < -0.39 is 47.9 Å². The molecule has 4 heterocycles. The number of hydrogen-bond donors (Lipinski definition) is 3. The minimum atomic E-state index is -1.31. The fourth-order valence-corrected chi connectivity index (χ4v) is 15.4. The number of ether oxygens (including phenoxy) is 4. The van der Waals surface area contributed by atoms with Gasteiger partial charge < -0.3 is 38.7 Å². The first-order valence-electron chi connectivity index (χ1n) is 28.7. The predicted octanol–water partition coefficient (Wildman–Crippen LogP) is 11.8. The Bertz CT molecular complexity index is 3090. The number of carbonyl (C=O) groups is 2. The third-order valence-electron chi connectivity index (χ3n) is 19.3. The molecule has 77 heavy (non-hydrogen) atoms. The topological polar surface area (TPSA) is 162 Å². The number of carbonyl (C=O) groups excluding carboxylic acids is 2. The molecule has 2 bridgehead atoms. The normalized spacial score (nSPS) is 28.7. The van der Waals surface area contributed by atoms with Crippen molar-refractivity contribution in [2.45, 2.75) is 164 Å². The number of methoxy groups -OCH3 is 1. The Morgan fingerprint density at radius 3 is 2.34 bits per heavy atom. The fraction of sp³-hybridized carbons (Fsp3) is 0.500. The molecule has 0 unspecified atom stereocenters. The highest BCUT2D eigenvalue weighted by molar-refractivity contribution is 5.90. The van der Waals surface area contributed by atoms with E-state index in [1.807, 2.05) is 6.92 Å². The molecule has 11 heteroatoms. The Morgan fingerprint density at radius 2 is 1.58 bits per heavy atom. The molecule has 4 aromatic carbocycles. The molecule has 7 aliphatic rings. The van der Waals surface area contributed by atoms with Gasteiger partial charge in [-0.3, -0.25) is 4.79 Å². The van der Waals surface area contributed by atoms with Crippen LogP contribution >= 0.6 is 0 Å². The van der Waals surface area contributed by atoms with Gasteiger partial charge in [-0.05, 0) is 147 Å². The lowest BCUT2D eigenvalue weighted by Gasteiger charge is -2.50. The van der Waals surface area contributed by atoms with Crippen molar-refractivity contribution in [1.29, 1.82) is 0 Å². The zero-order valence-electron chi connectivity index (χ0n) is 45.1. The third-order valence-corrected chi connectivity index (χ3v) is 19.3. The first kappa shape index (κ1) is 53.2. The first-order valence-corrected chi connectivity index (χ1v) is 28.7. The average Bonchev–Trinajstić information content (AvgIpc) is 3.58. The summed E-state index contributed by atoms with van der Waals surface area (Å²) in [6.07, 6.45) is 15.4.